The summed E-state index contributed by atoms with van der Waals surface area (Å²) in [6, 6.07) is 9.57. The molecule has 0 aromatic heterocycles. The van der Waals surface area contributed by atoms with Crippen LogP contribution in [-0.2, 0) is 25.1 Å². The molecule has 8 heteroatoms. The highest BCUT2D eigenvalue weighted by molar-refractivity contribution is 7.89. The molecule has 0 radical (unpaired) electrons. The Kier molecular flexibility index (Phi) is 5.24. The lowest BCUT2D eigenvalue weighted by Gasteiger charge is -2.43. The Balaban J connectivity index is 1.41. The minimum atomic E-state index is -3.40. The second-order valence-electron chi connectivity index (χ2n) is 7.67. The third kappa shape index (κ3) is 3.63. The number of carbonyl (C=O) groups is 1. The van der Waals surface area contributed by atoms with Crippen LogP contribution in [-0.4, -0.2) is 62.8 Å². The topological polar surface area (TPSA) is 87.7 Å². The standard InChI is InChI=1S/C19H27N3O4S/c23-18(21-19(7-4-8-19)15-5-2-1-3-6-15)17-13-16(14-20-17)27(24,25)22-9-11-26-12-10-22/h1-3,5-6,16-17,20H,4,7-14H2,(H,21,23). The van der Waals surface area contributed by atoms with E-state index in [4.69, 9.17) is 4.74 Å². The summed E-state index contributed by atoms with van der Waals surface area (Å²) in [5.74, 6) is -0.0989. The van der Waals surface area contributed by atoms with E-state index in [1.807, 2.05) is 30.3 Å². The highest BCUT2D eigenvalue weighted by Gasteiger charge is 2.44. The van der Waals surface area contributed by atoms with Gasteiger partial charge in [-0.2, -0.15) is 4.31 Å². The predicted octanol–water partition coefficient (Wildman–Crippen LogP) is 0.575. The number of morpholine rings is 1. The molecule has 1 saturated carbocycles. The van der Waals surface area contributed by atoms with Gasteiger partial charge in [0.15, 0.2) is 0 Å². The lowest BCUT2D eigenvalue weighted by atomic mass is 9.71. The van der Waals surface area contributed by atoms with Gasteiger partial charge in [0.05, 0.1) is 30.0 Å². The summed E-state index contributed by atoms with van der Waals surface area (Å²) >= 11 is 0. The predicted molar refractivity (Wildman–Crippen MR) is 102 cm³/mol. The first-order valence-electron chi connectivity index (χ1n) is 9.69. The van der Waals surface area contributed by atoms with Crippen LogP contribution in [0, 0.1) is 0 Å². The first-order chi connectivity index (χ1) is 13.0. The quantitative estimate of drug-likeness (QED) is 0.764. The second-order valence-corrected chi connectivity index (χ2v) is 9.88. The largest absolute Gasteiger partial charge is 0.379 e. The number of nitrogens with one attached hydrogen (secondary N) is 2. The number of carbonyl (C=O) groups excluding carboxylic acids is 1. The van der Waals surface area contributed by atoms with Crippen molar-refractivity contribution in [2.75, 3.05) is 32.8 Å². The summed E-state index contributed by atoms with van der Waals surface area (Å²) in [4.78, 5) is 12.9. The molecule has 0 spiro atoms. The van der Waals surface area contributed by atoms with Crippen molar-refractivity contribution in [1.82, 2.24) is 14.9 Å². The van der Waals surface area contributed by atoms with Gasteiger partial charge in [0.25, 0.3) is 0 Å². The van der Waals surface area contributed by atoms with E-state index in [1.54, 1.807) is 0 Å². The number of benzene rings is 1. The molecule has 1 amide bonds. The van der Waals surface area contributed by atoms with Crippen molar-refractivity contribution in [3.63, 3.8) is 0 Å². The highest BCUT2D eigenvalue weighted by Crippen LogP contribution is 2.41. The summed E-state index contributed by atoms with van der Waals surface area (Å²) in [6.45, 7) is 1.97. The van der Waals surface area contributed by atoms with E-state index < -0.39 is 21.3 Å². The Morgan fingerprint density at radius 2 is 1.89 bits per heavy atom. The molecule has 1 aliphatic carbocycles. The van der Waals surface area contributed by atoms with Crippen LogP contribution >= 0.6 is 0 Å². The smallest absolute Gasteiger partial charge is 0.237 e. The fourth-order valence-corrected chi connectivity index (χ4v) is 6.06. The average Bonchev–Trinajstić information content (AvgIpc) is 3.17. The van der Waals surface area contributed by atoms with Crippen LogP contribution in [0.3, 0.4) is 0 Å². The number of sulfonamides is 1. The van der Waals surface area contributed by atoms with E-state index in [-0.39, 0.29) is 11.4 Å². The Morgan fingerprint density at radius 3 is 2.52 bits per heavy atom. The van der Waals surface area contributed by atoms with Gasteiger partial charge in [0.2, 0.25) is 15.9 Å². The molecule has 148 valence electrons. The Labute approximate surface area is 160 Å². The minimum absolute atomic E-state index is 0.0989. The Morgan fingerprint density at radius 1 is 1.19 bits per heavy atom. The lowest BCUT2D eigenvalue weighted by molar-refractivity contribution is -0.126. The molecule has 27 heavy (non-hydrogen) atoms. The average molecular weight is 394 g/mol. The number of hydrogen-bond donors (Lipinski definition) is 2. The van der Waals surface area contributed by atoms with Crippen molar-refractivity contribution in [3.8, 4) is 0 Å². The first-order valence-corrected chi connectivity index (χ1v) is 11.2. The molecule has 7 nitrogen and oxygen atoms in total. The zero-order valence-corrected chi connectivity index (χ0v) is 16.2. The fraction of sp³-hybridized carbons (Fsp3) is 0.632. The molecule has 2 atom stereocenters. The van der Waals surface area contributed by atoms with Gasteiger partial charge < -0.3 is 15.4 Å². The van der Waals surface area contributed by atoms with Gasteiger partial charge in [-0.3, -0.25) is 4.79 Å². The van der Waals surface area contributed by atoms with Gasteiger partial charge in [-0.05, 0) is 31.2 Å². The molecule has 1 aromatic rings. The zero-order chi connectivity index (χ0) is 18.9. The van der Waals surface area contributed by atoms with Crippen molar-refractivity contribution in [2.24, 2.45) is 0 Å². The number of rotatable bonds is 5. The van der Waals surface area contributed by atoms with Gasteiger partial charge >= 0.3 is 0 Å². The van der Waals surface area contributed by atoms with Crippen molar-refractivity contribution < 1.29 is 17.9 Å². The molecule has 3 fully saturated rings. The summed E-state index contributed by atoms with van der Waals surface area (Å²) in [5, 5.41) is 5.78. The van der Waals surface area contributed by atoms with Crippen LogP contribution in [0.15, 0.2) is 30.3 Å². The van der Waals surface area contributed by atoms with E-state index in [9.17, 15) is 13.2 Å². The van der Waals surface area contributed by atoms with E-state index in [0.717, 1.165) is 24.8 Å². The van der Waals surface area contributed by atoms with Gasteiger partial charge in [0, 0.05) is 19.6 Å². The van der Waals surface area contributed by atoms with Crippen LogP contribution in [0.2, 0.25) is 0 Å². The Hall–Kier alpha value is -1.48. The van der Waals surface area contributed by atoms with E-state index in [2.05, 4.69) is 10.6 Å². The number of hydrogen-bond acceptors (Lipinski definition) is 5. The maximum atomic E-state index is 12.9. The molecule has 2 saturated heterocycles. The van der Waals surface area contributed by atoms with E-state index >= 15 is 0 Å². The van der Waals surface area contributed by atoms with Crippen molar-refractivity contribution in [2.45, 2.75) is 42.5 Å². The SMILES string of the molecule is O=C(NC1(c2ccccc2)CCC1)C1CC(S(=O)(=O)N2CCOCC2)CN1. The molecule has 3 aliphatic rings. The van der Waals surface area contributed by atoms with Crippen LogP contribution in [0.25, 0.3) is 0 Å². The molecule has 1 aromatic carbocycles. The van der Waals surface area contributed by atoms with E-state index in [1.165, 1.54) is 4.31 Å². The monoisotopic (exact) mass is 393 g/mol. The highest BCUT2D eigenvalue weighted by atomic mass is 32.2. The van der Waals surface area contributed by atoms with Gasteiger partial charge in [0.1, 0.15) is 0 Å². The van der Waals surface area contributed by atoms with Gasteiger partial charge in [-0.1, -0.05) is 30.3 Å². The molecule has 2 unspecified atom stereocenters. The van der Waals surface area contributed by atoms with Gasteiger partial charge in [-0.25, -0.2) is 8.42 Å². The van der Waals surface area contributed by atoms with Crippen LogP contribution < -0.4 is 10.6 Å². The molecule has 4 rings (SSSR count). The van der Waals surface area contributed by atoms with Crippen molar-refractivity contribution in [3.05, 3.63) is 35.9 Å². The van der Waals surface area contributed by atoms with Crippen LogP contribution in [0.5, 0.6) is 0 Å². The van der Waals surface area contributed by atoms with Crippen LogP contribution in [0.4, 0.5) is 0 Å². The lowest BCUT2D eigenvalue weighted by Crippen LogP contribution is -2.55. The zero-order valence-electron chi connectivity index (χ0n) is 15.4. The summed E-state index contributed by atoms with van der Waals surface area (Å²) in [7, 11) is -3.40. The molecule has 2 heterocycles. The third-order valence-electron chi connectivity index (χ3n) is 6.05. The molecule has 2 aliphatic heterocycles. The second kappa shape index (κ2) is 7.50. The number of amides is 1. The molecule has 2 N–H and O–H groups in total. The first kappa shape index (κ1) is 18.9. The summed E-state index contributed by atoms with van der Waals surface area (Å²) < 4.78 is 32.4. The van der Waals surface area contributed by atoms with Crippen molar-refractivity contribution >= 4 is 15.9 Å². The molecular formula is C19H27N3O4S. The van der Waals surface area contributed by atoms with Gasteiger partial charge in [-0.15, -0.1) is 0 Å². The summed E-state index contributed by atoms with van der Waals surface area (Å²) in [5.41, 5.74) is 0.821. The molecular weight excluding hydrogens is 366 g/mol. The van der Waals surface area contributed by atoms with Crippen LogP contribution in [0.1, 0.15) is 31.2 Å². The number of ether oxygens (including phenoxy) is 1. The normalized spacial score (nSPS) is 28.4. The number of nitrogens with zero attached hydrogens (tertiary/aromatic N) is 1. The molecule has 0 bridgehead atoms. The maximum Gasteiger partial charge on any atom is 0.237 e. The third-order valence-corrected chi connectivity index (χ3v) is 8.34. The van der Waals surface area contributed by atoms with E-state index in [0.29, 0.717) is 39.3 Å². The summed E-state index contributed by atoms with van der Waals surface area (Å²) in [6.07, 6.45) is 3.24. The fourth-order valence-electron chi connectivity index (χ4n) is 4.24. The maximum absolute atomic E-state index is 12.9. The minimum Gasteiger partial charge on any atom is -0.379 e. The Bertz CT molecular complexity index is 773. The van der Waals surface area contributed by atoms with Crippen molar-refractivity contribution in [1.29, 1.82) is 0 Å².